The summed E-state index contributed by atoms with van der Waals surface area (Å²) >= 11 is 3.26. The van der Waals surface area contributed by atoms with Crippen molar-refractivity contribution in [2.45, 2.75) is 39.3 Å². The molecule has 0 atom stereocenters. The molecule has 1 N–H and O–H groups in total. The number of aliphatic hydroxyl groups is 1. The second kappa shape index (κ2) is 8.34. The molecular formula is C14H21BrN2O3. The van der Waals surface area contributed by atoms with Gasteiger partial charge in [0.05, 0.1) is 11.5 Å². The number of rotatable bonds is 8. The van der Waals surface area contributed by atoms with Gasteiger partial charge in [-0.05, 0) is 25.0 Å². The van der Waals surface area contributed by atoms with Crippen molar-refractivity contribution in [3.05, 3.63) is 38.3 Å². The summed E-state index contributed by atoms with van der Waals surface area (Å²) in [6.07, 6.45) is 1.92. The molecule has 0 saturated carbocycles. The van der Waals surface area contributed by atoms with Crippen molar-refractivity contribution in [2.75, 3.05) is 13.2 Å². The third-order valence-corrected chi connectivity index (χ3v) is 3.96. The van der Waals surface area contributed by atoms with Gasteiger partial charge in [0.25, 0.3) is 5.69 Å². The molecule has 0 unspecified atom stereocenters. The highest BCUT2D eigenvalue weighted by Gasteiger charge is 2.20. The van der Waals surface area contributed by atoms with Gasteiger partial charge in [-0.2, -0.15) is 0 Å². The van der Waals surface area contributed by atoms with E-state index in [1.54, 1.807) is 6.07 Å². The third kappa shape index (κ3) is 4.54. The Hall–Kier alpha value is -0.980. The van der Waals surface area contributed by atoms with Crippen molar-refractivity contribution in [1.82, 2.24) is 4.90 Å². The number of aliphatic hydroxyl groups excluding tert-OH is 1. The average molecular weight is 345 g/mol. The molecule has 0 aromatic heterocycles. The molecule has 0 fully saturated rings. The summed E-state index contributed by atoms with van der Waals surface area (Å²) in [5.41, 5.74) is 0.798. The summed E-state index contributed by atoms with van der Waals surface area (Å²) in [6, 6.07) is 5.44. The maximum absolute atomic E-state index is 11.1. The molecular weight excluding hydrogens is 324 g/mol. The quantitative estimate of drug-likeness (QED) is 0.580. The van der Waals surface area contributed by atoms with Gasteiger partial charge in [-0.3, -0.25) is 15.0 Å². The van der Waals surface area contributed by atoms with Crippen molar-refractivity contribution < 1.29 is 10.0 Å². The van der Waals surface area contributed by atoms with E-state index in [-0.39, 0.29) is 17.2 Å². The molecule has 0 radical (unpaired) electrons. The van der Waals surface area contributed by atoms with Crippen molar-refractivity contribution in [3.63, 3.8) is 0 Å². The van der Waals surface area contributed by atoms with Crippen molar-refractivity contribution >= 4 is 21.6 Å². The molecule has 0 spiro atoms. The van der Waals surface area contributed by atoms with Gasteiger partial charge < -0.3 is 5.11 Å². The van der Waals surface area contributed by atoms with E-state index in [0.717, 1.165) is 12.8 Å². The fraction of sp³-hybridized carbons (Fsp3) is 0.571. The molecule has 0 saturated heterocycles. The summed E-state index contributed by atoms with van der Waals surface area (Å²) in [5.74, 6) is 0. The molecule has 0 amide bonds. The van der Waals surface area contributed by atoms with Crippen LogP contribution in [0.4, 0.5) is 5.69 Å². The summed E-state index contributed by atoms with van der Waals surface area (Å²) < 4.78 is 0.698. The highest BCUT2D eigenvalue weighted by Crippen LogP contribution is 2.26. The van der Waals surface area contributed by atoms with Crippen LogP contribution in [0.25, 0.3) is 0 Å². The Morgan fingerprint density at radius 1 is 1.40 bits per heavy atom. The van der Waals surface area contributed by atoms with E-state index in [9.17, 15) is 15.2 Å². The van der Waals surface area contributed by atoms with Crippen molar-refractivity contribution in [1.29, 1.82) is 0 Å². The third-order valence-electron chi connectivity index (χ3n) is 3.46. The van der Waals surface area contributed by atoms with Crippen LogP contribution in [0.15, 0.2) is 22.7 Å². The van der Waals surface area contributed by atoms with Crippen LogP contribution in [0.1, 0.15) is 32.3 Å². The SMILES string of the molecule is CCC(CC)N(CCO)Cc1ccc(Br)cc1[N+](=O)[O-]. The molecule has 6 heteroatoms. The molecule has 1 rings (SSSR count). The van der Waals surface area contributed by atoms with Crippen molar-refractivity contribution in [2.24, 2.45) is 0 Å². The molecule has 0 aliphatic rings. The minimum Gasteiger partial charge on any atom is -0.395 e. The van der Waals surface area contributed by atoms with Gasteiger partial charge >= 0.3 is 0 Å². The highest BCUT2D eigenvalue weighted by molar-refractivity contribution is 9.10. The molecule has 1 aromatic rings. The van der Waals surface area contributed by atoms with E-state index in [4.69, 9.17) is 0 Å². The average Bonchev–Trinajstić information content (AvgIpc) is 2.42. The summed E-state index contributed by atoms with van der Waals surface area (Å²) in [5, 5.41) is 20.3. The maximum Gasteiger partial charge on any atom is 0.275 e. The van der Waals surface area contributed by atoms with Gasteiger partial charge in [0.1, 0.15) is 0 Å². The zero-order chi connectivity index (χ0) is 15.1. The molecule has 0 bridgehead atoms. The van der Waals surface area contributed by atoms with Gasteiger partial charge in [0.2, 0.25) is 0 Å². The fourth-order valence-electron chi connectivity index (χ4n) is 2.38. The molecule has 1 aromatic carbocycles. The lowest BCUT2D eigenvalue weighted by Gasteiger charge is -2.29. The number of nitrogens with zero attached hydrogens (tertiary/aromatic N) is 2. The summed E-state index contributed by atoms with van der Waals surface area (Å²) in [7, 11) is 0. The Labute approximate surface area is 127 Å². The first-order chi connectivity index (χ1) is 9.53. The number of hydrogen-bond donors (Lipinski definition) is 1. The van der Waals surface area contributed by atoms with Gasteiger partial charge in [0.15, 0.2) is 0 Å². The first-order valence-corrected chi connectivity index (χ1v) is 7.60. The monoisotopic (exact) mass is 344 g/mol. The molecule has 112 valence electrons. The largest absolute Gasteiger partial charge is 0.395 e. The van der Waals surface area contributed by atoms with Gasteiger partial charge in [0, 0.05) is 35.2 Å². The molecule has 0 heterocycles. The van der Waals surface area contributed by atoms with Crippen molar-refractivity contribution in [3.8, 4) is 0 Å². The Kier molecular flexibility index (Phi) is 7.12. The van der Waals surface area contributed by atoms with E-state index >= 15 is 0 Å². The second-order valence-electron chi connectivity index (χ2n) is 4.69. The van der Waals surface area contributed by atoms with Crippen LogP contribution in [-0.2, 0) is 6.54 Å². The Balaban J connectivity index is 3.01. The van der Waals surface area contributed by atoms with E-state index in [1.165, 1.54) is 6.07 Å². The van der Waals surface area contributed by atoms with Crippen LogP contribution in [-0.4, -0.2) is 34.1 Å². The lowest BCUT2D eigenvalue weighted by atomic mass is 10.1. The van der Waals surface area contributed by atoms with E-state index in [1.807, 2.05) is 6.07 Å². The number of hydrogen-bond acceptors (Lipinski definition) is 4. The smallest absolute Gasteiger partial charge is 0.275 e. The topological polar surface area (TPSA) is 66.6 Å². The lowest BCUT2D eigenvalue weighted by Crippen LogP contribution is -2.36. The van der Waals surface area contributed by atoms with Crippen LogP contribution in [0.5, 0.6) is 0 Å². The summed E-state index contributed by atoms with van der Waals surface area (Å²) in [6.45, 7) is 5.25. The minimum atomic E-state index is -0.357. The highest BCUT2D eigenvalue weighted by atomic mass is 79.9. The van der Waals surface area contributed by atoms with Crippen LogP contribution >= 0.6 is 15.9 Å². The molecule has 5 nitrogen and oxygen atoms in total. The fourth-order valence-corrected chi connectivity index (χ4v) is 2.73. The normalized spacial score (nSPS) is 11.3. The Morgan fingerprint density at radius 2 is 2.05 bits per heavy atom. The second-order valence-corrected chi connectivity index (χ2v) is 5.61. The number of nitro groups is 1. The Morgan fingerprint density at radius 3 is 2.55 bits per heavy atom. The first kappa shape index (κ1) is 17.1. The lowest BCUT2D eigenvalue weighted by molar-refractivity contribution is -0.385. The van der Waals surface area contributed by atoms with E-state index in [0.29, 0.717) is 29.2 Å². The van der Waals surface area contributed by atoms with Crippen LogP contribution in [0.3, 0.4) is 0 Å². The zero-order valence-electron chi connectivity index (χ0n) is 11.9. The van der Waals surface area contributed by atoms with Crippen LogP contribution in [0, 0.1) is 10.1 Å². The zero-order valence-corrected chi connectivity index (χ0v) is 13.5. The van der Waals surface area contributed by atoms with Crippen LogP contribution in [0.2, 0.25) is 0 Å². The predicted octanol–water partition coefficient (Wildman–Crippen LogP) is 3.34. The van der Waals surface area contributed by atoms with Crippen LogP contribution < -0.4 is 0 Å². The van der Waals surface area contributed by atoms with Gasteiger partial charge in [-0.25, -0.2) is 0 Å². The number of halogens is 1. The molecule has 0 aliphatic carbocycles. The van der Waals surface area contributed by atoms with Gasteiger partial charge in [-0.1, -0.05) is 29.8 Å². The number of nitro benzene ring substituents is 1. The maximum atomic E-state index is 11.1. The Bertz CT molecular complexity index is 450. The van der Waals surface area contributed by atoms with Gasteiger partial charge in [-0.15, -0.1) is 0 Å². The molecule has 20 heavy (non-hydrogen) atoms. The minimum absolute atomic E-state index is 0.0564. The molecule has 0 aliphatic heterocycles. The van der Waals surface area contributed by atoms with E-state index < -0.39 is 0 Å². The van der Waals surface area contributed by atoms with E-state index in [2.05, 4.69) is 34.7 Å². The first-order valence-electron chi connectivity index (χ1n) is 6.81. The number of benzene rings is 1. The standard InChI is InChI=1S/C14H21BrN2O3/c1-3-13(4-2)16(7-8-18)10-11-5-6-12(15)9-14(11)17(19)20/h5-6,9,13,18H,3-4,7-8,10H2,1-2H3. The summed E-state index contributed by atoms with van der Waals surface area (Å²) in [4.78, 5) is 12.9. The predicted molar refractivity (Wildman–Crippen MR) is 82.7 cm³/mol.